The minimum absolute atomic E-state index is 0.00878. The molecule has 0 bridgehead atoms. The predicted octanol–water partition coefficient (Wildman–Crippen LogP) is 4.04. The van der Waals surface area contributed by atoms with E-state index in [1.54, 1.807) is 37.1 Å². The highest BCUT2D eigenvalue weighted by Crippen LogP contribution is 2.21. The van der Waals surface area contributed by atoms with Gasteiger partial charge in [0.15, 0.2) is 0 Å². The van der Waals surface area contributed by atoms with E-state index in [1.165, 1.54) is 12.1 Å². The number of carbonyl (C=O) groups is 3. The first-order chi connectivity index (χ1) is 18.7. The van der Waals surface area contributed by atoms with E-state index in [4.69, 9.17) is 0 Å². The number of likely N-dealkylation sites (N-methyl/N-ethyl adjacent to an activating group) is 1. The van der Waals surface area contributed by atoms with E-state index < -0.39 is 11.0 Å². The monoisotopic (exact) mass is 557 g/mol. The first kappa shape index (κ1) is 32.9. The van der Waals surface area contributed by atoms with Crippen LogP contribution >= 0.6 is 0 Å². The average Bonchev–Trinajstić information content (AvgIpc) is 2.91. The fourth-order valence-corrected chi connectivity index (χ4v) is 5.12. The molecule has 1 saturated heterocycles. The summed E-state index contributed by atoms with van der Waals surface area (Å²) in [6.07, 6.45) is 4.63. The summed E-state index contributed by atoms with van der Waals surface area (Å²) in [7, 11) is 1.72. The normalized spacial score (nSPS) is 18.0. The molecule has 0 radical (unpaired) electrons. The number of piperidine rings is 1. The van der Waals surface area contributed by atoms with Gasteiger partial charge in [0.2, 0.25) is 17.7 Å². The van der Waals surface area contributed by atoms with Crippen molar-refractivity contribution in [1.82, 2.24) is 20.4 Å². The lowest BCUT2D eigenvalue weighted by Gasteiger charge is -2.39. The number of non-ortho nitro benzene ring substituents is 1. The average molecular weight is 558 g/mol. The van der Waals surface area contributed by atoms with Crippen LogP contribution in [0.4, 0.5) is 5.69 Å². The van der Waals surface area contributed by atoms with Crippen LogP contribution in [-0.4, -0.2) is 70.2 Å². The van der Waals surface area contributed by atoms with Gasteiger partial charge in [-0.1, -0.05) is 52.3 Å². The van der Waals surface area contributed by atoms with Crippen LogP contribution in [0.25, 0.3) is 0 Å². The highest BCUT2D eigenvalue weighted by atomic mass is 16.6. The number of carbonyl (C=O) groups excluding carboxylic acids is 3. The molecule has 0 saturated carbocycles. The Balaban J connectivity index is 2.12. The first-order valence-electron chi connectivity index (χ1n) is 14.3. The summed E-state index contributed by atoms with van der Waals surface area (Å²) in [5, 5.41) is 16.7. The Hall–Kier alpha value is -3.27. The van der Waals surface area contributed by atoms with Crippen molar-refractivity contribution in [2.24, 2.45) is 11.8 Å². The molecule has 3 atom stereocenters. The SMILES string of the molecule is C/C(=C\[C@H](C(C)C)N(C)C(=O)C(NC(=O)C1CCCCN1C(C)C)C(C)C)C(=O)NCc1ccc([N+](=O)[O-])cc1. The lowest BCUT2D eigenvalue weighted by Crippen LogP contribution is -2.58. The molecule has 1 aliphatic rings. The zero-order chi connectivity index (χ0) is 30.1. The number of nitrogens with one attached hydrogen (secondary N) is 2. The van der Waals surface area contributed by atoms with Crippen LogP contribution in [0.3, 0.4) is 0 Å². The van der Waals surface area contributed by atoms with Crippen molar-refractivity contribution in [2.45, 2.75) is 98.4 Å². The fourth-order valence-electron chi connectivity index (χ4n) is 5.12. The van der Waals surface area contributed by atoms with Crippen LogP contribution in [0.5, 0.6) is 0 Å². The van der Waals surface area contributed by atoms with E-state index >= 15 is 0 Å². The quantitative estimate of drug-likeness (QED) is 0.227. The van der Waals surface area contributed by atoms with Gasteiger partial charge in [-0.05, 0) is 57.6 Å². The van der Waals surface area contributed by atoms with E-state index in [0.717, 1.165) is 31.4 Å². The highest BCUT2D eigenvalue weighted by Gasteiger charge is 2.36. The van der Waals surface area contributed by atoms with Gasteiger partial charge in [-0.3, -0.25) is 29.4 Å². The Morgan fingerprint density at radius 3 is 2.23 bits per heavy atom. The summed E-state index contributed by atoms with van der Waals surface area (Å²) in [5.41, 5.74) is 1.19. The summed E-state index contributed by atoms with van der Waals surface area (Å²) in [4.78, 5) is 54.1. The topological polar surface area (TPSA) is 125 Å². The fraction of sp³-hybridized carbons (Fsp3) is 0.633. The predicted molar refractivity (Wildman–Crippen MR) is 156 cm³/mol. The molecule has 0 aliphatic carbocycles. The van der Waals surface area contributed by atoms with Crippen LogP contribution in [0.15, 0.2) is 35.9 Å². The number of likely N-dealkylation sites (tertiary alicyclic amines) is 1. The molecule has 1 aliphatic heterocycles. The van der Waals surface area contributed by atoms with Gasteiger partial charge in [0, 0.05) is 37.3 Å². The molecule has 2 N–H and O–H groups in total. The maximum absolute atomic E-state index is 13.7. The number of amides is 3. The van der Waals surface area contributed by atoms with Crippen LogP contribution in [0, 0.1) is 22.0 Å². The minimum Gasteiger partial charge on any atom is -0.348 e. The molecule has 3 amide bonds. The van der Waals surface area contributed by atoms with E-state index in [-0.39, 0.29) is 59.9 Å². The number of nitro benzene ring substituents is 1. The Labute approximate surface area is 238 Å². The maximum atomic E-state index is 13.7. The zero-order valence-electron chi connectivity index (χ0n) is 25.3. The molecule has 0 spiro atoms. The van der Waals surface area contributed by atoms with Gasteiger partial charge in [0.25, 0.3) is 5.69 Å². The van der Waals surface area contributed by atoms with Crippen molar-refractivity contribution < 1.29 is 19.3 Å². The van der Waals surface area contributed by atoms with Gasteiger partial charge in [-0.15, -0.1) is 0 Å². The molecular weight excluding hydrogens is 510 g/mol. The molecule has 10 nitrogen and oxygen atoms in total. The molecule has 40 heavy (non-hydrogen) atoms. The van der Waals surface area contributed by atoms with Gasteiger partial charge in [0.1, 0.15) is 6.04 Å². The molecule has 10 heteroatoms. The third-order valence-electron chi connectivity index (χ3n) is 7.60. The lowest BCUT2D eigenvalue weighted by atomic mass is 9.95. The highest BCUT2D eigenvalue weighted by molar-refractivity contribution is 5.93. The maximum Gasteiger partial charge on any atom is 0.269 e. The minimum atomic E-state index is -0.681. The smallest absolute Gasteiger partial charge is 0.269 e. The van der Waals surface area contributed by atoms with Crippen molar-refractivity contribution in [3.63, 3.8) is 0 Å². The van der Waals surface area contributed by atoms with Crippen molar-refractivity contribution in [1.29, 1.82) is 0 Å². The summed E-state index contributed by atoms with van der Waals surface area (Å²) in [6, 6.07) is 4.98. The second-order valence-electron chi connectivity index (χ2n) is 11.7. The molecule has 2 unspecified atom stereocenters. The van der Waals surface area contributed by atoms with Gasteiger partial charge >= 0.3 is 0 Å². The molecule has 1 aromatic carbocycles. The number of hydrogen-bond acceptors (Lipinski definition) is 6. The van der Waals surface area contributed by atoms with Crippen molar-refractivity contribution in [3.8, 4) is 0 Å². The summed E-state index contributed by atoms with van der Waals surface area (Å²) in [5.74, 6) is -0.677. The van der Waals surface area contributed by atoms with Crippen molar-refractivity contribution in [2.75, 3.05) is 13.6 Å². The molecule has 1 fully saturated rings. The molecule has 1 aromatic rings. The number of nitrogens with zero attached hydrogens (tertiary/aromatic N) is 3. The van der Waals surface area contributed by atoms with Crippen molar-refractivity contribution in [3.05, 3.63) is 51.6 Å². The molecule has 1 heterocycles. The number of hydrogen-bond donors (Lipinski definition) is 2. The Bertz CT molecular complexity index is 1070. The van der Waals surface area contributed by atoms with Crippen LogP contribution < -0.4 is 10.6 Å². The van der Waals surface area contributed by atoms with Gasteiger partial charge in [0.05, 0.1) is 17.0 Å². The number of rotatable bonds is 12. The van der Waals surface area contributed by atoms with Crippen LogP contribution in [-0.2, 0) is 20.9 Å². The third kappa shape index (κ3) is 8.87. The van der Waals surface area contributed by atoms with Gasteiger partial charge < -0.3 is 15.5 Å². The van der Waals surface area contributed by atoms with E-state index in [2.05, 4.69) is 29.4 Å². The molecular formula is C30H47N5O5. The largest absolute Gasteiger partial charge is 0.348 e. The van der Waals surface area contributed by atoms with Gasteiger partial charge in [-0.25, -0.2) is 0 Å². The zero-order valence-corrected chi connectivity index (χ0v) is 25.3. The Morgan fingerprint density at radius 2 is 1.70 bits per heavy atom. The molecule has 2 rings (SSSR count). The molecule has 222 valence electrons. The molecule has 0 aromatic heterocycles. The summed E-state index contributed by atoms with van der Waals surface area (Å²) in [6.45, 7) is 14.8. The van der Waals surface area contributed by atoms with E-state index in [9.17, 15) is 24.5 Å². The third-order valence-corrected chi connectivity index (χ3v) is 7.60. The van der Waals surface area contributed by atoms with E-state index in [0.29, 0.717) is 5.57 Å². The second-order valence-corrected chi connectivity index (χ2v) is 11.7. The summed E-state index contributed by atoms with van der Waals surface area (Å²) >= 11 is 0. The summed E-state index contributed by atoms with van der Waals surface area (Å²) < 4.78 is 0. The number of benzene rings is 1. The van der Waals surface area contributed by atoms with E-state index in [1.807, 2.05) is 27.7 Å². The van der Waals surface area contributed by atoms with Crippen molar-refractivity contribution >= 4 is 23.4 Å². The van der Waals surface area contributed by atoms with Crippen LogP contribution in [0.2, 0.25) is 0 Å². The second kappa shape index (κ2) is 14.9. The lowest BCUT2D eigenvalue weighted by molar-refractivity contribution is -0.384. The Kier molecular flexibility index (Phi) is 12.3. The Morgan fingerprint density at radius 1 is 1.07 bits per heavy atom. The number of nitro groups is 1. The van der Waals surface area contributed by atoms with Crippen LogP contribution in [0.1, 0.15) is 73.3 Å². The standard InChI is InChI=1S/C30H47N5O5/c1-19(2)26(17-22(7)28(36)31-18-23-12-14-24(15-13-23)35(39)40)33(8)30(38)27(20(3)4)32-29(37)25-11-9-10-16-34(25)21(5)6/h12-15,17,19-21,25-27H,9-11,16,18H2,1-8H3,(H,31,36)(H,32,37)/b22-17+/t25?,26-,27?/m1/s1. The van der Waals surface area contributed by atoms with Gasteiger partial charge in [-0.2, -0.15) is 0 Å². The first-order valence-corrected chi connectivity index (χ1v) is 14.3.